The van der Waals surface area contributed by atoms with Crippen LogP contribution >= 0.6 is 23.2 Å². The van der Waals surface area contributed by atoms with Crippen molar-refractivity contribution in [3.8, 4) is 11.5 Å². The molecule has 2 N–H and O–H groups in total. The molecule has 2 aromatic rings. The SMILES string of the molecule is Nc1ccnc(-c2ncc(Cl)cc2Cl)n1. The van der Waals surface area contributed by atoms with Gasteiger partial charge in [-0.05, 0) is 12.1 Å². The molecule has 0 fully saturated rings. The third kappa shape index (κ3) is 2.16. The van der Waals surface area contributed by atoms with Crippen LogP contribution in [-0.2, 0) is 0 Å². The van der Waals surface area contributed by atoms with Crippen molar-refractivity contribution in [2.75, 3.05) is 5.73 Å². The van der Waals surface area contributed by atoms with Crippen molar-refractivity contribution in [1.29, 1.82) is 0 Å². The second kappa shape index (κ2) is 4.00. The lowest BCUT2D eigenvalue weighted by molar-refractivity contribution is 1.15. The molecule has 6 heteroatoms. The molecule has 0 aliphatic heterocycles. The minimum atomic E-state index is 0.368. The number of nitrogens with zero attached hydrogens (tertiary/aromatic N) is 3. The molecule has 0 unspecified atom stereocenters. The molecule has 2 rings (SSSR count). The van der Waals surface area contributed by atoms with Crippen LogP contribution in [0, 0.1) is 0 Å². The number of halogens is 2. The molecule has 0 saturated carbocycles. The number of nitrogen functional groups attached to an aromatic ring is 1. The Labute approximate surface area is 96.1 Å². The molecule has 0 aromatic carbocycles. The summed E-state index contributed by atoms with van der Waals surface area (Å²) in [5.41, 5.74) is 5.99. The number of rotatable bonds is 1. The summed E-state index contributed by atoms with van der Waals surface area (Å²) in [4.78, 5) is 12.1. The van der Waals surface area contributed by atoms with Gasteiger partial charge in [-0.25, -0.2) is 15.0 Å². The van der Waals surface area contributed by atoms with Crippen LogP contribution in [0.15, 0.2) is 24.5 Å². The van der Waals surface area contributed by atoms with Gasteiger partial charge in [0, 0.05) is 12.4 Å². The average molecular weight is 241 g/mol. The number of nitrogens with two attached hydrogens (primary N) is 1. The first-order valence-corrected chi connectivity index (χ1v) is 4.82. The maximum Gasteiger partial charge on any atom is 0.181 e. The van der Waals surface area contributed by atoms with E-state index in [1.54, 1.807) is 18.3 Å². The van der Waals surface area contributed by atoms with Crippen LogP contribution in [0.5, 0.6) is 0 Å². The highest BCUT2D eigenvalue weighted by atomic mass is 35.5. The first-order chi connectivity index (χ1) is 7.16. The lowest BCUT2D eigenvalue weighted by atomic mass is 10.3. The molecule has 15 heavy (non-hydrogen) atoms. The molecule has 2 heterocycles. The van der Waals surface area contributed by atoms with E-state index in [0.29, 0.717) is 27.4 Å². The van der Waals surface area contributed by atoms with E-state index in [1.807, 2.05) is 0 Å². The second-order valence-corrected chi connectivity index (χ2v) is 3.63. The number of aromatic nitrogens is 3. The van der Waals surface area contributed by atoms with Gasteiger partial charge in [-0.3, -0.25) is 0 Å². The third-order valence-electron chi connectivity index (χ3n) is 1.70. The quantitative estimate of drug-likeness (QED) is 0.832. The van der Waals surface area contributed by atoms with E-state index in [2.05, 4.69) is 15.0 Å². The summed E-state index contributed by atoms with van der Waals surface area (Å²) >= 11 is 11.7. The zero-order valence-corrected chi connectivity index (χ0v) is 9.00. The van der Waals surface area contributed by atoms with Gasteiger partial charge in [0.05, 0.1) is 10.0 Å². The van der Waals surface area contributed by atoms with Crippen molar-refractivity contribution in [2.24, 2.45) is 0 Å². The maximum atomic E-state index is 5.95. The third-order valence-corrected chi connectivity index (χ3v) is 2.19. The summed E-state index contributed by atoms with van der Waals surface area (Å²) in [5, 5.41) is 0.862. The van der Waals surface area contributed by atoms with E-state index >= 15 is 0 Å². The van der Waals surface area contributed by atoms with Gasteiger partial charge in [0.2, 0.25) is 0 Å². The summed E-state index contributed by atoms with van der Waals surface area (Å²) in [5.74, 6) is 0.754. The van der Waals surface area contributed by atoms with Crippen molar-refractivity contribution in [2.45, 2.75) is 0 Å². The lowest BCUT2D eigenvalue weighted by Crippen LogP contribution is -1.96. The van der Waals surface area contributed by atoms with Gasteiger partial charge in [0.15, 0.2) is 5.82 Å². The minimum absolute atomic E-state index is 0.368. The highest BCUT2D eigenvalue weighted by Gasteiger charge is 2.08. The number of pyridine rings is 1. The molecule has 0 aliphatic rings. The highest BCUT2D eigenvalue weighted by Crippen LogP contribution is 2.25. The van der Waals surface area contributed by atoms with Crippen LogP contribution in [0.3, 0.4) is 0 Å². The van der Waals surface area contributed by atoms with Crippen LogP contribution in [0.25, 0.3) is 11.5 Å². The van der Waals surface area contributed by atoms with Gasteiger partial charge >= 0.3 is 0 Å². The summed E-state index contributed by atoms with van der Waals surface area (Å²) in [6, 6.07) is 3.17. The Morgan fingerprint density at radius 1 is 1.20 bits per heavy atom. The van der Waals surface area contributed by atoms with Crippen molar-refractivity contribution in [1.82, 2.24) is 15.0 Å². The molecule has 0 spiro atoms. The predicted octanol–water partition coefficient (Wildman–Crippen LogP) is 2.43. The smallest absolute Gasteiger partial charge is 0.181 e. The van der Waals surface area contributed by atoms with E-state index in [0.717, 1.165) is 0 Å². The average Bonchev–Trinajstić information content (AvgIpc) is 2.17. The van der Waals surface area contributed by atoms with Gasteiger partial charge in [-0.2, -0.15) is 0 Å². The van der Waals surface area contributed by atoms with Gasteiger partial charge in [-0.15, -0.1) is 0 Å². The van der Waals surface area contributed by atoms with Crippen LogP contribution in [0.1, 0.15) is 0 Å². The summed E-state index contributed by atoms with van der Waals surface area (Å²) in [7, 11) is 0. The monoisotopic (exact) mass is 240 g/mol. The van der Waals surface area contributed by atoms with Crippen LogP contribution < -0.4 is 5.73 Å². The van der Waals surface area contributed by atoms with Crippen LogP contribution in [-0.4, -0.2) is 15.0 Å². The molecule has 0 amide bonds. The van der Waals surface area contributed by atoms with Crippen molar-refractivity contribution in [3.63, 3.8) is 0 Å². The topological polar surface area (TPSA) is 64.7 Å². The normalized spacial score (nSPS) is 10.3. The predicted molar refractivity (Wildman–Crippen MR) is 59.7 cm³/mol. The second-order valence-electron chi connectivity index (χ2n) is 2.79. The number of anilines is 1. The van der Waals surface area contributed by atoms with E-state index < -0.39 is 0 Å². The number of hydrogen-bond donors (Lipinski definition) is 1. The highest BCUT2D eigenvalue weighted by molar-refractivity contribution is 6.35. The molecule has 4 nitrogen and oxygen atoms in total. The van der Waals surface area contributed by atoms with Crippen molar-refractivity contribution < 1.29 is 0 Å². The van der Waals surface area contributed by atoms with Crippen LogP contribution in [0.4, 0.5) is 5.82 Å². The minimum Gasteiger partial charge on any atom is -0.384 e. The molecule has 0 saturated heterocycles. The lowest BCUT2D eigenvalue weighted by Gasteiger charge is -2.02. The summed E-state index contributed by atoms with van der Waals surface area (Å²) in [6.45, 7) is 0. The Hall–Kier alpha value is -1.39. The summed E-state index contributed by atoms with van der Waals surface area (Å²) in [6.07, 6.45) is 3.03. The molecule has 0 atom stereocenters. The first kappa shape index (κ1) is 10.1. The maximum absolute atomic E-state index is 5.95. The Balaban J connectivity index is 2.54. The van der Waals surface area contributed by atoms with Gasteiger partial charge in [-0.1, -0.05) is 23.2 Å². The molecule has 0 radical (unpaired) electrons. The van der Waals surface area contributed by atoms with Crippen molar-refractivity contribution in [3.05, 3.63) is 34.6 Å². The molecular weight excluding hydrogens is 235 g/mol. The van der Waals surface area contributed by atoms with Crippen molar-refractivity contribution >= 4 is 29.0 Å². The fourth-order valence-electron chi connectivity index (χ4n) is 1.07. The standard InChI is InChI=1S/C9H6Cl2N4/c10-5-3-6(11)8(14-4-5)9-13-2-1-7(12)15-9/h1-4H,(H2,12,13,15). The Morgan fingerprint density at radius 2 is 2.00 bits per heavy atom. The van der Waals surface area contributed by atoms with Gasteiger partial charge < -0.3 is 5.73 Å². The van der Waals surface area contributed by atoms with E-state index in [4.69, 9.17) is 28.9 Å². The molecular formula is C9H6Cl2N4. The van der Waals surface area contributed by atoms with E-state index in [1.165, 1.54) is 6.20 Å². The molecule has 0 aliphatic carbocycles. The Bertz CT molecular complexity index is 501. The fourth-order valence-corrected chi connectivity index (χ4v) is 1.53. The summed E-state index contributed by atoms with van der Waals surface area (Å²) < 4.78 is 0. The molecule has 76 valence electrons. The van der Waals surface area contributed by atoms with E-state index in [-0.39, 0.29) is 0 Å². The number of hydrogen-bond acceptors (Lipinski definition) is 4. The van der Waals surface area contributed by atoms with Crippen LogP contribution in [0.2, 0.25) is 10.0 Å². The zero-order valence-electron chi connectivity index (χ0n) is 7.48. The largest absolute Gasteiger partial charge is 0.384 e. The van der Waals surface area contributed by atoms with Gasteiger partial charge in [0.25, 0.3) is 0 Å². The molecule has 0 bridgehead atoms. The first-order valence-electron chi connectivity index (χ1n) is 4.07. The fraction of sp³-hybridized carbons (Fsp3) is 0. The Morgan fingerprint density at radius 3 is 2.67 bits per heavy atom. The zero-order chi connectivity index (χ0) is 10.8. The molecule has 2 aromatic heterocycles. The van der Waals surface area contributed by atoms with E-state index in [9.17, 15) is 0 Å². The van der Waals surface area contributed by atoms with Gasteiger partial charge in [0.1, 0.15) is 11.5 Å². The Kier molecular flexibility index (Phi) is 2.70.